The maximum atomic E-state index is 12.9. The molecule has 31 heavy (non-hydrogen) atoms. The summed E-state index contributed by atoms with van der Waals surface area (Å²) < 4.78 is 28.3. The van der Waals surface area contributed by atoms with E-state index in [1.807, 2.05) is 51.1 Å². The lowest BCUT2D eigenvalue weighted by Gasteiger charge is -2.18. The molecule has 0 aliphatic carbocycles. The van der Waals surface area contributed by atoms with Gasteiger partial charge in [-0.3, -0.25) is 9.52 Å². The van der Waals surface area contributed by atoms with Gasteiger partial charge in [-0.1, -0.05) is 60.5 Å². The quantitative estimate of drug-likeness (QED) is 0.483. The minimum absolute atomic E-state index is 0.0438. The number of carbonyl (C=O) groups excluding carboxylic acids is 1. The standard InChI is InChI=1S/C24H25ClN2O3S/c1-4-22(18-10-8-16(2)9-11-18)26-24(28)19-12-13-21(25)23(15-19)31(29,30)27-20-7-5-6-17(3)14-20/h5-15,22,27H,4H2,1-3H3,(H,26,28)/t22-/m0/s1. The number of aryl methyl sites for hydroxylation is 2. The highest BCUT2D eigenvalue weighted by Crippen LogP contribution is 2.26. The number of benzene rings is 3. The van der Waals surface area contributed by atoms with Crippen LogP contribution in [-0.2, 0) is 10.0 Å². The Bertz CT molecular complexity index is 1190. The number of carbonyl (C=O) groups is 1. The van der Waals surface area contributed by atoms with Crippen LogP contribution in [-0.4, -0.2) is 14.3 Å². The molecular weight excluding hydrogens is 432 g/mol. The summed E-state index contributed by atoms with van der Waals surface area (Å²) in [6.07, 6.45) is 0.697. The van der Waals surface area contributed by atoms with Gasteiger partial charge in [-0.05, 0) is 61.7 Å². The third-order valence-electron chi connectivity index (χ3n) is 4.95. The number of anilines is 1. The molecule has 7 heteroatoms. The van der Waals surface area contributed by atoms with Crippen molar-refractivity contribution in [1.29, 1.82) is 0 Å². The van der Waals surface area contributed by atoms with Gasteiger partial charge in [0.2, 0.25) is 0 Å². The highest BCUT2D eigenvalue weighted by atomic mass is 35.5. The van der Waals surface area contributed by atoms with E-state index in [4.69, 9.17) is 11.6 Å². The van der Waals surface area contributed by atoms with Gasteiger partial charge in [0.05, 0.1) is 11.1 Å². The minimum atomic E-state index is -3.97. The van der Waals surface area contributed by atoms with Gasteiger partial charge in [0.25, 0.3) is 15.9 Å². The topological polar surface area (TPSA) is 75.3 Å². The molecule has 0 spiro atoms. The molecule has 0 aliphatic rings. The van der Waals surface area contributed by atoms with E-state index in [2.05, 4.69) is 10.0 Å². The van der Waals surface area contributed by atoms with E-state index in [-0.39, 0.29) is 27.4 Å². The Labute approximate surface area is 188 Å². The van der Waals surface area contributed by atoms with Crippen LogP contribution in [0.2, 0.25) is 5.02 Å². The lowest BCUT2D eigenvalue weighted by molar-refractivity contribution is 0.0935. The number of hydrogen-bond acceptors (Lipinski definition) is 3. The largest absolute Gasteiger partial charge is 0.345 e. The van der Waals surface area contributed by atoms with E-state index in [1.54, 1.807) is 18.2 Å². The monoisotopic (exact) mass is 456 g/mol. The predicted octanol–water partition coefficient (Wildman–Crippen LogP) is 5.64. The molecule has 0 aromatic heterocycles. The van der Waals surface area contributed by atoms with Crippen molar-refractivity contribution in [1.82, 2.24) is 5.32 Å². The second-order valence-corrected chi connectivity index (χ2v) is 9.52. The summed E-state index contributed by atoms with van der Waals surface area (Å²) in [5.74, 6) is -0.365. The van der Waals surface area contributed by atoms with Gasteiger partial charge in [0, 0.05) is 11.3 Å². The van der Waals surface area contributed by atoms with E-state index in [1.165, 1.54) is 18.2 Å². The SMILES string of the molecule is CC[C@H](NC(=O)c1ccc(Cl)c(S(=O)(=O)Nc2cccc(C)c2)c1)c1ccc(C)cc1. The van der Waals surface area contributed by atoms with Crippen LogP contribution in [0.25, 0.3) is 0 Å². The van der Waals surface area contributed by atoms with Gasteiger partial charge in [0.15, 0.2) is 0 Å². The summed E-state index contributed by atoms with van der Waals surface area (Å²) in [6, 6.07) is 19.0. The molecule has 0 aliphatic heterocycles. The van der Waals surface area contributed by atoms with Crippen LogP contribution in [0, 0.1) is 13.8 Å². The number of sulfonamides is 1. The number of rotatable bonds is 7. The Morgan fingerprint density at radius 1 is 0.968 bits per heavy atom. The van der Waals surface area contributed by atoms with E-state index >= 15 is 0 Å². The molecule has 5 nitrogen and oxygen atoms in total. The number of amides is 1. The molecule has 3 aromatic rings. The lowest BCUT2D eigenvalue weighted by Crippen LogP contribution is -2.28. The van der Waals surface area contributed by atoms with Gasteiger partial charge >= 0.3 is 0 Å². The van der Waals surface area contributed by atoms with Crippen LogP contribution in [0.4, 0.5) is 5.69 Å². The van der Waals surface area contributed by atoms with E-state index in [9.17, 15) is 13.2 Å². The first-order chi connectivity index (χ1) is 14.7. The van der Waals surface area contributed by atoms with Crippen LogP contribution in [0.5, 0.6) is 0 Å². The zero-order valence-corrected chi connectivity index (χ0v) is 19.2. The zero-order valence-electron chi connectivity index (χ0n) is 17.6. The highest BCUT2D eigenvalue weighted by molar-refractivity contribution is 7.92. The first kappa shape index (κ1) is 22.8. The molecule has 1 atom stereocenters. The smallest absolute Gasteiger partial charge is 0.263 e. The molecule has 0 saturated heterocycles. The van der Waals surface area contributed by atoms with Gasteiger partial charge in [-0.15, -0.1) is 0 Å². The van der Waals surface area contributed by atoms with Crippen molar-refractivity contribution in [2.24, 2.45) is 0 Å². The molecule has 0 bridgehead atoms. The first-order valence-corrected chi connectivity index (χ1v) is 11.8. The maximum absolute atomic E-state index is 12.9. The third-order valence-corrected chi connectivity index (χ3v) is 6.81. The summed E-state index contributed by atoms with van der Waals surface area (Å²) in [5, 5.41) is 3.02. The lowest BCUT2D eigenvalue weighted by atomic mass is 10.0. The van der Waals surface area contributed by atoms with Crippen molar-refractivity contribution in [3.05, 3.63) is 94.0 Å². The number of hydrogen-bond donors (Lipinski definition) is 2. The molecule has 1 amide bonds. The van der Waals surface area contributed by atoms with Gasteiger partial charge in [-0.2, -0.15) is 0 Å². The second-order valence-electron chi connectivity index (χ2n) is 7.47. The highest BCUT2D eigenvalue weighted by Gasteiger charge is 2.22. The third kappa shape index (κ3) is 5.66. The van der Waals surface area contributed by atoms with Gasteiger partial charge in [-0.25, -0.2) is 8.42 Å². The summed E-state index contributed by atoms with van der Waals surface area (Å²) in [4.78, 5) is 12.7. The fourth-order valence-electron chi connectivity index (χ4n) is 3.23. The van der Waals surface area contributed by atoms with Crippen molar-refractivity contribution >= 4 is 33.2 Å². The summed E-state index contributed by atoms with van der Waals surface area (Å²) in [6.45, 7) is 5.85. The van der Waals surface area contributed by atoms with Crippen LogP contribution in [0.15, 0.2) is 71.6 Å². The molecule has 2 N–H and O–H groups in total. The van der Waals surface area contributed by atoms with Crippen LogP contribution in [0.1, 0.15) is 46.4 Å². The molecule has 0 unspecified atom stereocenters. The summed E-state index contributed by atoms with van der Waals surface area (Å²) >= 11 is 6.18. The van der Waals surface area contributed by atoms with Gasteiger partial charge in [0.1, 0.15) is 4.90 Å². The minimum Gasteiger partial charge on any atom is -0.345 e. The van der Waals surface area contributed by atoms with Crippen LogP contribution in [0.3, 0.4) is 0 Å². The molecule has 3 rings (SSSR count). The van der Waals surface area contributed by atoms with Gasteiger partial charge < -0.3 is 5.32 Å². The Morgan fingerprint density at radius 3 is 2.32 bits per heavy atom. The fraction of sp³-hybridized carbons (Fsp3) is 0.208. The van der Waals surface area contributed by atoms with E-state index in [0.717, 1.165) is 16.7 Å². The average molecular weight is 457 g/mol. The molecular formula is C24H25ClN2O3S. The Balaban J connectivity index is 1.85. The van der Waals surface area contributed by atoms with Crippen LogP contribution >= 0.6 is 11.6 Å². The van der Waals surface area contributed by atoms with E-state index in [0.29, 0.717) is 12.1 Å². The Morgan fingerprint density at radius 2 is 1.68 bits per heavy atom. The molecule has 0 radical (unpaired) electrons. The van der Waals surface area contributed by atoms with Crippen molar-refractivity contribution in [3.8, 4) is 0 Å². The average Bonchev–Trinajstić information content (AvgIpc) is 2.72. The molecule has 0 saturated carbocycles. The van der Waals surface area contributed by atoms with E-state index < -0.39 is 10.0 Å². The second kappa shape index (κ2) is 9.54. The zero-order chi connectivity index (χ0) is 22.6. The number of halogens is 1. The molecule has 162 valence electrons. The normalized spacial score (nSPS) is 12.3. The van der Waals surface area contributed by atoms with Crippen molar-refractivity contribution in [3.63, 3.8) is 0 Å². The molecule has 0 fully saturated rings. The summed E-state index contributed by atoms with van der Waals surface area (Å²) in [7, 11) is -3.97. The predicted molar refractivity (Wildman–Crippen MR) is 125 cm³/mol. The fourth-order valence-corrected chi connectivity index (χ4v) is 4.81. The molecule has 0 heterocycles. The maximum Gasteiger partial charge on any atom is 0.263 e. The van der Waals surface area contributed by atoms with Crippen LogP contribution < -0.4 is 10.0 Å². The molecule has 3 aromatic carbocycles. The summed E-state index contributed by atoms with van der Waals surface area (Å²) in [5.41, 5.74) is 3.69. The van der Waals surface area contributed by atoms with Crippen molar-refractivity contribution in [2.75, 3.05) is 4.72 Å². The number of nitrogens with one attached hydrogen (secondary N) is 2. The van der Waals surface area contributed by atoms with Crippen molar-refractivity contribution < 1.29 is 13.2 Å². The first-order valence-electron chi connectivity index (χ1n) is 9.96. The Kier molecular flexibility index (Phi) is 7.03. The van der Waals surface area contributed by atoms with Crippen molar-refractivity contribution in [2.45, 2.75) is 38.1 Å². The Hall–Kier alpha value is -2.83.